The minimum atomic E-state index is -0.611. The molecule has 0 aromatic heterocycles. The summed E-state index contributed by atoms with van der Waals surface area (Å²) in [6.45, 7) is 6.13. The van der Waals surface area contributed by atoms with Gasteiger partial charge >= 0.3 is 0 Å². The molecule has 6 heteroatoms. The largest absolute Gasteiger partial charge is 0.370 e. The predicted molar refractivity (Wildman–Crippen MR) is 147 cm³/mol. The molecule has 2 heterocycles. The van der Waals surface area contributed by atoms with Crippen LogP contribution in [0.2, 0.25) is 12.1 Å². The Hall–Kier alpha value is -0.176. The monoisotopic (exact) mass is 497 g/mol. The van der Waals surface area contributed by atoms with E-state index in [1.54, 1.807) is 0 Å². The molecule has 2 aliphatic rings. The summed E-state index contributed by atoms with van der Waals surface area (Å²) in [6, 6.07) is 2.53. The van der Waals surface area contributed by atoms with Crippen LogP contribution in [0.3, 0.4) is 0 Å². The Morgan fingerprint density at radius 1 is 0.697 bits per heavy atom. The molecule has 4 nitrogen and oxygen atoms in total. The van der Waals surface area contributed by atoms with Crippen LogP contribution in [0.5, 0.6) is 0 Å². The highest BCUT2D eigenvalue weighted by molar-refractivity contribution is 6.47. The number of unbranched alkanes of at least 4 members (excludes halogenated alkanes) is 10. The summed E-state index contributed by atoms with van der Waals surface area (Å²) >= 11 is 0. The smallest absolute Gasteiger partial charge is 0.249 e. The molecule has 0 aromatic rings. The van der Waals surface area contributed by atoms with Crippen molar-refractivity contribution in [3.8, 4) is 0 Å². The lowest BCUT2D eigenvalue weighted by Gasteiger charge is -2.43. The van der Waals surface area contributed by atoms with E-state index in [0.29, 0.717) is 0 Å². The molecule has 0 spiro atoms. The minimum Gasteiger partial charge on any atom is -0.370 e. The van der Waals surface area contributed by atoms with Gasteiger partial charge in [0.15, 0.2) is 0 Å². The van der Waals surface area contributed by atoms with Gasteiger partial charge in [-0.1, -0.05) is 103 Å². The Morgan fingerprint density at radius 3 is 1.79 bits per heavy atom. The molecule has 194 valence electrons. The Balaban J connectivity index is 1.86. The molecule has 0 bridgehead atoms. The van der Waals surface area contributed by atoms with Crippen molar-refractivity contribution in [3.63, 3.8) is 0 Å². The fraction of sp³-hybridized carbons (Fsp3) is 0.963. The van der Waals surface area contributed by atoms with E-state index in [0.717, 1.165) is 45.3 Å². The number of carbonyl (C=O) groups is 1. The average molecular weight is 498 g/mol. The van der Waals surface area contributed by atoms with Crippen LogP contribution in [0.15, 0.2) is 0 Å². The zero-order valence-electron chi connectivity index (χ0n) is 22.2. The van der Waals surface area contributed by atoms with Crippen LogP contribution < -0.4 is 5.32 Å². The van der Waals surface area contributed by atoms with Crippen molar-refractivity contribution in [2.45, 2.75) is 152 Å². The molecule has 1 amide bonds. The average Bonchev–Trinajstić information content (AvgIpc) is 2.84. The van der Waals surface area contributed by atoms with Crippen LogP contribution in [0.25, 0.3) is 0 Å². The first kappa shape index (κ1) is 29.1. The van der Waals surface area contributed by atoms with Crippen molar-refractivity contribution in [3.05, 3.63) is 0 Å². The van der Waals surface area contributed by atoms with E-state index in [1.165, 1.54) is 95.6 Å². The third-order valence-electron chi connectivity index (χ3n) is 7.83. The first-order chi connectivity index (χ1) is 16.2. The standard InChI is InChI=1S/C27H55NO3Si2/c1-3-5-7-9-11-17-23-32-26(19-13-15-21-30-26)25(29)28-27(20-14-16-22-31-27)33-24-18-12-10-8-6-4-2/h3-24,32-33H2,1-2H3,(H,28,29). The molecule has 33 heavy (non-hydrogen) atoms. The van der Waals surface area contributed by atoms with Gasteiger partial charge in [0.1, 0.15) is 10.6 Å². The number of amides is 1. The van der Waals surface area contributed by atoms with E-state index < -0.39 is 24.3 Å². The Morgan fingerprint density at radius 2 is 1.24 bits per heavy atom. The van der Waals surface area contributed by atoms with Crippen LogP contribution in [0.1, 0.15) is 129 Å². The number of carbonyl (C=O) groups excluding carboxylic acids is 1. The maximum atomic E-state index is 13.7. The Labute approximate surface area is 209 Å². The third-order valence-corrected chi connectivity index (χ3v) is 12.8. The van der Waals surface area contributed by atoms with Crippen LogP contribution in [0.4, 0.5) is 0 Å². The van der Waals surface area contributed by atoms with Crippen LogP contribution in [-0.2, 0) is 14.3 Å². The molecule has 1 N–H and O–H groups in total. The van der Waals surface area contributed by atoms with Gasteiger partial charge in [-0.15, -0.1) is 0 Å². The highest BCUT2D eigenvalue weighted by Crippen LogP contribution is 2.30. The summed E-state index contributed by atoms with van der Waals surface area (Å²) in [4.78, 5) is 13.7. The number of hydrogen-bond acceptors (Lipinski definition) is 3. The van der Waals surface area contributed by atoms with E-state index >= 15 is 0 Å². The second-order valence-corrected chi connectivity index (χ2v) is 15.5. The van der Waals surface area contributed by atoms with E-state index in [4.69, 9.17) is 9.47 Å². The predicted octanol–water partition coefficient (Wildman–Crippen LogP) is 5.75. The molecule has 0 radical (unpaired) electrons. The Bertz CT molecular complexity index is 506. The Kier molecular flexibility index (Phi) is 15.2. The molecule has 0 aliphatic carbocycles. The van der Waals surface area contributed by atoms with Gasteiger partial charge in [0.25, 0.3) is 0 Å². The van der Waals surface area contributed by atoms with Gasteiger partial charge in [0, 0.05) is 13.2 Å². The molecule has 0 saturated carbocycles. The van der Waals surface area contributed by atoms with Gasteiger partial charge in [-0.2, -0.15) is 0 Å². The normalized spacial score (nSPS) is 26.5. The summed E-state index contributed by atoms with van der Waals surface area (Å²) in [5, 5.41) is 2.76. The van der Waals surface area contributed by atoms with Gasteiger partial charge in [0.2, 0.25) is 5.91 Å². The lowest BCUT2D eigenvalue weighted by atomic mass is 10.1. The van der Waals surface area contributed by atoms with E-state index in [1.807, 2.05) is 0 Å². The van der Waals surface area contributed by atoms with Crippen molar-refractivity contribution in [1.82, 2.24) is 5.32 Å². The van der Waals surface area contributed by atoms with Crippen molar-refractivity contribution >= 4 is 24.9 Å². The van der Waals surface area contributed by atoms with Crippen molar-refractivity contribution in [2.75, 3.05) is 13.2 Å². The second kappa shape index (κ2) is 17.3. The lowest BCUT2D eigenvalue weighted by Crippen LogP contribution is -2.64. The van der Waals surface area contributed by atoms with Gasteiger partial charge < -0.3 is 14.8 Å². The van der Waals surface area contributed by atoms with E-state index in [-0.39, 0.29) is 11.3 Å². The summed E-state index contributed by atoms with van der Waals surface area (Å²) in [6.07, 6.45) is 22.6. The summed E-state index contributed by atoms with van der Waals surface area (Å²) in [7, 11) is -1.13. The third kappa shape index (κ3) is 11.0. The van der Waals surface area contributed by atoms with Crippen LogP contribution >= 0.6 is 0 Å². The molecule has 2 saturated heterocycles. The van der Waals surface area contributed by atoms with Crippen molar-refractivity contribution in [2.24, 2.45) is 0 Å². The number of hydrogen-bond donors (Lipinski definition) is 1. The van der Waals surface area contributed by atoms with Crippen molar-refractivity contribution < 1.29 is 14.3 Å². The van der Waals surface area contributed by atoms with Gasteiger partial charge in [-0.05, 0) is 38.5 Å². The molecular weight excluding hydrogens is 442 g/mol. The maximum absolute atomic E-state index is 13.7. The van der Waals surface area contributed by atoms with Crippen LogP contribution in [-0.4, -0.2) is 48.7 Å². The van der Waals surface area contributed by atoms with Gasteiger partial charge in [0.05, 0.1) is 19.0 Å². The van der Waals surface area contributed by atoms with Crippen molar-refractivity contribution in [1.29, 1.82) is 0 Å². The lowest BCUT2D eigenvalue weighted by molar-refractivity contribution is -0.149. The number of rotatable bonds is 18. The molecule has 2 aliphatic heterocycles. The first-order valence-corrected chi connectivity index (χ1v) is 18.2. The SMILES string of the molecule is CCCCCCCC[SiH2]C1(NC(=O)C2([SiH2]CCCCCCCC)CCCCO2)CCCCO1. The van der Waals surface area contributed by atoms with E-state index in [9.17, 15) is 4.79 Å². The molecule has 2 fully saturated rings. The highest BCUT2D eigenvalue weighted by atomic mass is 28.2. The topological polar surface area (TPSA) is 47.6 Å². The summed E-state index contributed by atoms with van der Waals surface area (Å²) in [5.74, 6) is 0.206. The maximum Gasteiger partial charge on any atom is 0.249 e. The summed E-state index contributed by atoms with van der Waals surface area (Å²) in [5.41, 5.74) is 0. The summed E-state index contributed by atoms with van der Waals surface area (Å²) < 4.78 is 12.7. The molecule has 2 rings (SSSR count). The fourth-order valence-corrected chi connectivity index (χ4v) is 10.1. The second-order valence-electron chi connectivity index (χ2n) is 10.8. The zero-order valence-corrected chi connectivity index (χ0v) is 25.0. The van der Waals surface area contributed by atoms with Gasteiger partial charge in [-0.25, -0.2) is 0 Å². The zero-order chi connectivity index (χ0) is 23.7. The molecule has 2 atom stereocenters. The minimum absolute atomic E-state index is 0.206. The quantitative estimate of drug-likeness (QED) is 0.194. The van der Waals surface area contributed by atoms with Gasteiger partial charge in [-0.3, -0.25) is 4.79 Å². The highest BCUT2D eigenvalue weighted by Gasteiger charge is 2.45. The van der Waals surface area contributed by atoms with E-state index in [2.05, 4.69) is 19.2 Å². The first-order valence-electron chi connectivity index (χ1n) is 14.8. The van der Waals surface area contributed by atoms with Crippen LogP contribution in [0, 0.1) is 0 Å². The molecule has 2 unspecified atom stereocenters. The molecule has 0 aromatic carbocycles. The molecular formula is C27H55NO3Si2. The fourth-order valence-electron chi connectivity index (χ4n) is 5.61. The number of nitrogens with one attached hydrogen (secondary N) is 1. The number of ether oxygens (including phenoxy) is 2.